The van der Waals surface area contributed by atoms with E-state index in [1.165, 1.54) is 32.6 Å². The van der Waals surface area contributed by atoms with Crippen LogP contribution in [0.3, 0.4) is 0 Å². The third-order valence-corrected chi connectivity index (χ3v) is 5.00. The Morgan fingerprint density at radius 2 is 1.78 bits per heavy atom. The van der Waals surface area contributed by atoms with Gasteiger partial charge in [-0.2, -0.15) is 0 Å². The summed E-state index contributed by atoms with van der Waals surface area (Å²) in [5.74, 6) is 0. The first-order valence-electron chi connectivity index (χ1n) is 7.49. The molecule has 0 spiro atoms. The van der Waals surface area contributed by atoms with Crippen LogP contribution in [-0.4, -0.2) is 67.3 Å². The molecule has 18 heavy (non-hydrogen) atoms. The predicted molar refractivity (Wildman–Crippen MR) is 74.7 cm³/mol. The summed E-state index contributed by atoms with van der Waals surface area (Å²) in [6.45, 7) is 11.9. The van der Waals surface area contributed by atoms with Crippen LogP contribution in [0.5, 0.6) is 0 Å². The van der Waals surface area contributed by atoms with Crippen LogP contribution in [-0.2, 0) is 4.74 Å². The van der Waals surface area contributed by atoms with Crippen molar-refractivity contribution in [1.82, 2.24) is 9.80 Å². The summed E-state index contributed by atoms with van der Waals surface area (Å²) >= 11 is 0. The van der Waals surface area contributed by atoms with Crippen molar-refractivity contribution in [3.05, 3.63) is 0 Å². The van der Waals surface area contributed by atoms with E-state index in [0.717, 1.165) is 38.6 Å². The molecular weight excluding hydrogens is 226 g/mol. The number of ether oxygens (including phenoxy) is 1. The summed E-state index contributed by atoms with van der Waals surface area (Å²) in [5.41, 5.74) is 6.30. The van der Waals surface area contributed by atoms with Crippen LogP contribution >= 0.6 is 0 Å². The standard InChI is InChI=1S/C14H29N3O/c1-3-13(2)16-6-8-17(9-7-16)14(12-15)4-10-18-11-5-14/h13H,3-12,15H2,1-2H3. The molecule has 0 aromatic rings. The smallest absolute Gasteiger partial charge is 0.0484 e. The third-order valence-electron chi connectivity index (χ3n) is 5.00. The van der Waals surface area contributed by atoms with E-state index in [4.69, 9.17) is 10.5 Å². The lowest BCUT2D eigenvalue weighted by Crippen LogP contribution is -2.62. The molecule has 0 radical (unpaired) electrons. The Hall–Kier alpha value is -0.160. The van der Waals surface area contributed by atoms with E-state index < -0.39 is 0 Å². The van der Waals surface area contributed by atoms with Gasteiger partial charge in [0.25, 0.3) is 0 Å². The first-order valence-corrected chi connectivity index (χ1v) is 7.49. The molecule has 2 saturated heterocycles. The maximum Gasteiger partial charge on any atom is 0.0484 e. The van der Waals surface area contributed by atoms with Crippen molar-refractivity contribution in [2.75, 3.05) is 45.9 Å². The third kappa shape index (κ3) is 2.87. The van der Waals surface area contributed by atoms with E-state index in [2.05, 4.69) is 23.6 Å². The zero-order chi connectivity index (χ0) is 13.0. The van der Waals surface area contributed by atoms with Crippen molar-refractivity contribution in [1.29, 1.82) is 0 Å². The second kappa shape index (κ2) is 6.33. The molecule has 0 saturated carbocycles. The lowest BCUT2D eigenvalue weighted by Gasteiger charge is -2.50. The van der Waals surface area contributed by atoms with Crippen LogP contribution in [0.1, 0.15) is 33.1 Å². The van der Waals surface area contributed by atoms with E-state index in [1.807, 2.05) is 0 Å². The Morgan fingerprint density at radius 3 is 2.28 bits per heavy atom. The number of rotatable bonds is 4. The monoisotopic (exact) mass is 255 g/mol. The molecule has 2 aliphatic rings. The van der Waals surface area contributed by atoms with Gasteiger partial charge in [0.05, 0.1) is 0 Å². The Bertz CT molecular complexity index is 245. The highest BCUT2D eigenvalue weighted by Gasteiger charge is 2.38. The maximum atomic E-state index is 6.08. The van der Waals surface area contributed by atoms with Gasteiger partial charge in [0.15, 0.2) is 0 Å². The van der Waals surface area contributed by atoms with Crippen molar-refractivity contribution in [2.24, 2.45) is 5.73 Å². The molecule has 0 amide bonds. The summed E-state index contributed by atoms with van der Waals surface area (Å²) in [6, 6.07) is 0.718. The van der Waals surface area contributed by atoms with Gasteiger partial charge in [-0.25, -0.2) is 0 Å². The molecule has 0 aromatic carbocycles. The van der Waals surface area contributed by atoms with Gasteiger partial charge in [-0.15, -0.1) is 0 Å². The van der Waals surface area contributed by atoms with E-state index in [0.29, 0.717) is 0 Å². The highest BCUT2D eigenvalue weighted by atomic mass is 16.5. The summed E-state index contributed by atoms with van der Waals surface area (Å²) in [7, 11) is 0. The van der Waals surface area contributed by atoms with E-state index in [1.54, 1.807) is 0 Å². The van der Waals surface area contributed by atoms with Crippen molar-refractivity contribution in [3.8, 4) is 0 Å². The minimum absolute atomic E-state index is 0.222. The molecule has 2 rings (SSSR count). The van der Waals surface area contributed by atoms with Crippen LogP contribution in [0.4, 0.5) is 0 Å². The van der Waals surface area contributed by atoms with Crippen molar-refractivity contribution >= 4 is 0 Å². The molecule has 2 fully saturated rings. The fourth-order valence-corrected chi connectivity index (χ4v) is 3.30. The van der Waals surface area contributed by atoms with Crippen LogP contribution in [0.15, 0.2) is 0 Å². The molecule has 0 bridgehead atoms. The lowest BCUT2D eigenvalue weighted by atomic mass is 9.87. The van der Waals surface area contributed by atoms with Gasteiger partial charge >= 0.3 is 0 Å². The first-order chi connectivity index (χ1) is 8.72. The molecule has 4 nitrogen and oxygen atoms in total. The number of nitrogens with two attached hydrogens (primary N) is 1. The number of piperazine rings is 1. The van der Waals surface area contributed by atoms with Gasteiger partial charge in [-0.3, -0.25) is 9.80 Å². The molecule has 106 valence electrons. The highest BCUT2D eigenvalue weighted by Crippen LogP contribution is 2.28. The molecule has 2 aliphatic heterocycles. The molecule has 2 N–H and O–H groups in total. The van der Waals surface area contributed by atoms with Gasteiger partial charge in [-0.05, 0) is 26.2 Å². The summed E-state index contributed by atoms with van der Waals surface area (Å²) in [5, 5.41) is 0. The quantitative estimate of drug-likeness (QED) is 0.811. The molecule has 2 heterocycles. The largest absolute Gasteiger partial charge is 0.381 e. The summed E-state index contributed by atoms with van der Waals surface area (Å²) in [4.78, 5) is 5.24. The van der Waals surface area contributed by atoms with Gasteiger partial charge in [0, 0.05) is 57.5 Å². The van der Waals surface area contributed by atoms with E-state index in [9.17, 15) is 0 Å². The second-order valence-corrected chi connectivity index (χ2v) is 5.82. The van der Waals surface area contributed by atoms with Gasteiger partial charge < -0.3 is 10.5 Å². The van der Waals surface area contributed by atoms with Gasteiger partial charge in [0.1, 0.15) is 0 Å². The van der Waals surface area contributed by atoms with Gasteiger partial charge in [-0.1, -0.05) is 6.92 Å². The van der Waals surface area contributed by atoms with Crippen molar-refractivity contribution in [2.45, 2.75) is 44.7 Å². The average molecular weight is 255 g/mol. The van der Waals surface area contributed by atoms with Gasteiger partial charge in [0.2, 0.25) is 0 Å². The Kier molecular flexibility index (Phi) is 5.01. The zero-order valence-corrected chi connectivity index (χ0v) is 12.0. The van der Waals surface area contributed by atoms with Crippen molar-refractivity contribution in [3.63, 3.8) is 0 Å². The van der Waals surface area contributed by atoms with E-state index >= 15 is 0 Å². The average Bonchev–Trinajstić information content (AvgIpc) is 2.47. The van der Waals surface area contributed by atoms with E-state index in [-0.39, 0.29) is 5.54 Å². The molecular formula is C14H29N3O. The summed E-state index contributed by atoms with van der Waals surface area (Å²) < 4.78 is 5.50. The highest BCUT2D eigenvalue weighted by molar-refractivity contribution is 4.95. The maximum absolute atomic E-state index is 6.08. The van der Waals surface area contributed by atoms with Crippen molar-refractivity contribution < 1.29 is 4.74 Å². The summed E-state index contributed by atoms with van der Waals surface area (Å²) in [6.07, 6.45) is 3.45. The normalized spacial score (nSPS) is 28.2. The zero-order valence-electron chi connectivity index (χ0n) is 12.0. The van der Waals surface area contributed by atoms with Crippen LogP contribution < -0.4 is 5.73 Å². The molecule has 0 aromatic heterocycles. The predicted octanol–water partition coefficient (Wildman–Crippen LogP) is 0.910. The topological polar surface area (TPSA) is 41.7 Å². The Labute approximate surface area is 111 Å². The van der Waals surface area contributed by atoms with Crippen LogP contribution in [0, 0.1) is 0 Å². The number of hydrogen-bond acceptors (Lipinski definition) is 4. The second-order valence-electron chi connectivity index (χ2n) is 5.82. The van der Waals surface area contributed by atoms with Crippen LogP contribution in [0.25, 0.3) is 0 Å². The molecule has 1 atom stereocenters. The first kappa shape index (κ1) is 14.3. The Balaban J connectivity index is 1.91. The number of nitrogens with zero attached hydrogens (tertiary/aromatic N) is 2. The fraction of sp³-hybridized carbons (Fsp3) is 1.00. The molecule has 0 aliphatic carbocycles. The molecule has 4 heteroatoms. The SMILES string of the molecule is CCC(C)N1CCN(C2(CN)CCOCC2)CC1. The number of hydrogen-bond donors (Lipinski definition) is 1. The lowest BCUT2D eigenvalue weighted by molar-refractivity contribution is -0.0466. The molecule has 1 unspecified atom stereocenters. The Morgan fingerprint density at radius 1 is 1.17 bits per heavy atom. The minimum Gasteiger partial charge on any atom is -0.381 e. The fourth-order valence-electron chi connectivity index (χ4n) is 3.30. The minimum atomic E-state index is 0.222. The van der Waals surface area contributed by atoms with Crippen LogP contribution in [0.2, 0.25) is 0 Å².